The van der Waals surface area contributed by atoms with Crippen molar-refractivity contribution in [2.45, 2.75) is 33.1 Å². The minimum atomic E-state index is 0.142. The molecule has 0 spiro atoms. The Hall–Kier alpha value is -1.02. The van der Waals surface area contributed by atoms with Crippen LogP contribution in [0.25, 0.3) is 0 Å². The van der Waals surface area contributed by atoms with Crippen molar-refractivity contribution in [3.05, 3.63) is 28.3 Å². The van der Waals surface area contributed by atoms with Crippen LogP contribution in [0.1, 0.15) is 37.8 Å². The van der Waals surface area contributed by atoms with E-state index >= 15 is 0 Å². The Balaban J connectivity index is 3.24. The molecule has 0 heterocycles. The maximum atomic E-state index is 11.2. The average molecular weight is 241 g/mol. The summed E-state index contributed by atoms with van der Waals surface area (Å²) in [5, 5.41) is 0.558. The number of hydrogen-bond donors (Lipinski definition) is 0. The van der Waals surface area contributed by atoms with E-state index in [9.17, 15) is 4.79 Å². The molecule has 0 saturated heterocycles. The van der Waals surface area contributed by atoms with Crippen molar-refractivity contribution in [2.24, 2.45) is 0 Å². The molecular weight excluding hydrogens is 224 g/mol. The van der Waals surface area contributed by atoms with Crippen molar-refractivity contribution >= 4 is 17.4 Å². The summed E-state index contributed by atoms with van der Waals surface area (Å²) in [6.45, 7) is 5.76. The molecule has 88 valence electrons. The van der Waals surface area contributed by atoms with Gasteiger partial charge < -0.3 is 4.74 Å². The smallest absolute Gasteiger partial charge is 0.137 e. The van der Waals surface area contributed by atoms with E-state index in [1.54, 1.807) is 14.0 Å². The molecule has 0 saturated carbocycles. The van der Waals surface area contributed by atoms with Gasteiger partial charge in [0.1, 0.15) is 11.5 Å². The minimum absolute atomic E-state index is 0.142. The monoisotopic (exact) mass is 240 g/mol. The predicted molar refractivity (Wildman–Crippen MR) is 66.5 cm³/mol. The van der Waals surface area contributed by atoms with Crippen LogP contribution in [-0.2, 0) is 11.2 Å². The summed E-state index contributed by atoms with van der Waals surface area (Å²) in [7, 11) is 1.59. The molecule has 0 amide bonds. The molecule has 0 bridgehead atoms. The van der Waals surface area contributed by atoms with Gasteiger partial charge in [-0.1, -0.05) is 25.4 Å². The molecule has 2 nitrogen and oxygen atoms in total. The number of methoxy groups -OCH3 is 1. The number of carbonyl (C=O) groups excluding carboxylic acids is 1. The lowest BCUT2D eigenvalue weighted by Crippen LogP contribution is -2.03. The van der Waals surface area contributed by atoms with Crippen LogP contribution in [0.15, 0.2) is 12.1 Å². The van der Waals surface area contributed by atoms with E-state index in [4.69, 9.17) is 16.3 Å². The summed E-state index contributed by atoms with van der Waals surface area (Å²) < 4.78 is 5.18. The molecule has 1 aromatic carbocycles. The van der Waals surface area contributed by atoms with E-state index in [0.29, 0.717) is 23.1 Å². The Morgan fingerprint density at radius 1 is 1.44 bits per heavy atom. The maximum absolute atomic E-state index is 11.2. The fraction of sp³-hybridized carbons (Fsp3) is 0.462. The molecule has 0 fully saturated rings. The van der Waals surface area contributed by atoms with Crippen LogP contribution in [0, 0.1) is 0 Å². The number of carbonyl (C=O) groups is 1. The summed E-state index contributed by atoms with van der Waals surface area (Å²) in [5.74, 6) is 1.15. The quantitative estimate of drug-likeness (QED) is 0.804. The van der Waals surface area contributed by atoms with E-state index < -0.39 is 0 Å². The lowest BCUT2D eigenvalue weighted by Gasteiger charge is -2.14. The van der Waals surface area contributed by atoms with Gasteiger partial charge in [-0.15, -0.1) is 0 Å². The van der Waals surface area contributed by atoms with Crippen molar-refractivity contribution < 1.29 is 9.53 Å². The predicted octanol–water partition coefficient (Wildman–Crippen LogP) is 3.60. The number of hydrogen-bond acceptors (Lipinski definition) is 2. The third-order valence-corrected chi connectivity index (χ3v) is 2.77. The van der Waals surface area contributed by atoms with Gasteiger partial charge in [-0.2, -0.15) is 0 Å². The zero-order valence-electron chi connectivity index (χ0n) is 10.1. The number of ether oxygens (including phenoxy) is 1. The van der Waals surface area contributed by atoms with Crippen molar-refractivity contribution in [1.29, 1.82) is 0 Å². The first kappa shape index (κ1) is 13.0. The van der Waals surface area contributed by atoms with Gasteiger partial charge >= 0.3 is 0 Å². The minimum Gasteiger partial charge on any atom is -0.495 e. The molecule has 0 aliphatic heterocycles. The highest BCUT2D eigenvalue weighted by molar-refractivity contribution is 6.32. The topological polar surface area (TPSA) is 26.3 Å². The second kappa shape index (κ2) is 5.35. The summed E-state index contributed by atoms with van der Waals surface area (Å²) in [6, 6.07) is 3.75. The van der Waals surface area contributed by atoms with Crippen LogP contribution in [0.4, 0.5) is 0 Å². The molecule has 0 aliphatic carbocycles. The van der Waals surface area contributed by atoms with Crippen LogP contribution < -0.4 is 4.74 Å². The fourth-order valence-electron chi connectivity index (χ4n) is 1.73. The van der Waals surface area contributed by atoms with E-state index in [1.165, 1.54) is 0 Å². The maximum Gasteiger partial charge on any atom is 0.137 e. The summed E-state index contributed by atoms with van der Waals surface area (Å²) in [5.41, 5.74) is 2.12. The molecule has 0 unspecified atom stereocenters. The molecule has 0 N–H and O–H groups in total. The third-order valence-electron chi connectivity index (χ3n) is 2.48. The van der Waals surface area contributed by atoms with Gasteiger partial charge in [0.05, 0.1) is 12.1 Å². The van der Waals surface area contributed by atoms with Crippen LogP contribution >= 0.6 is 11.6 Å². The van der Waals surface area contributed by atoms with Gasteiger partial charge in [0.25, 0.3) is 0 Å². The lowest BCUT2D eigenvalue weighted by atomic mass is 9.94. The van der Waals surface area contributed by atoms with Crippen molar-refractivity contribution in [1.82, 2.24) is 0 Å². The number of ketones is 1. The van der Waals surface area contributed by atoms with Crippen LogP contribution in [0.3, 0.4) is 0 Å². The second-order valence-electron chi connectivity index (χ2n) is 4.22. The largest absolute Gasteiger partial charge is 0.495 e. The Labute approximate surface area is 102 Å². The highest BCUT2D eigenvalue weighted by Crippen LogP contribution is 2.32. The highest BCUT2D eigenvalue weighted by atomic mass is 35.5. The van der Waals surface area contributed by atoms with Crippen molar-refractivity contribution in [3.63, 3.8) is 0 Å². The third kappa shape index (κ3) is 2.99. The Kier molecular flexibility index (Phi) is 4.36. The molecule has 0 aliphatic rings. The summed E-state index contributed by atoms with van der Waals surface area (Å²) in [4.78, 5) is 11.2. The molecule has 3 heteroatoms. The van der Waals surface area contributed by atoms with Gasteiger partial charge in [-0.3, -0.25) is 4.79 Å². The van der Waals surface area contributed by atoms with Gasteiger partial charge in [-0.25, -0.2) is 0 Å². The van der Waals surface area contributed by atoms with Gasteiger partial charge in [0.15, 0.2) is 0 Å². The van der Waals surface area contributed by atoms with Crippen LogP contribution in [-0.4, -0.2) is 12.9 Å². The zero-order chi connectivity index (χ0) is 12.3. The molecule has 16 heavy (non-hydrogen) atoms. The lowest BCUT2D eigenvalue weighted by molar-refractivity contribution is -0.116. The van der Waals surface area contributed by atoms with Crippen molar-refractivity contribution in [3.8, 4) is 5.75 Å². The molecule has 0 aromatic heterocycles. The van der Waals surface area contributed by atoms with Crippen molar-refractivity contribution in [2.75, 3.05) is 7.11 Å². The second-order valence-corrected chi connectivity index (χ2v) is 4.63. The fourth-order valence-corrected chi connectivity index (χ4v) is 1.99. The van der Waals surface area contributed by atoms with Gasteiger partial charge in [-0.05, 0) is 36.1 Å². The van der Waals surface area contributed by atoms with E-state index in [-0.39, 0.29) is 5.78 Å². The molecule has 0 atom stereocenters. The highest BCUT2D eigenvalue weighted by Gasteiger charge is 2.13. The zero-order valence-corrected chi connectivity index (χ0v) is 10.9. The van der Waals surface area contributed by atoms with E-state index in [1.807, 2.05) is 12.1 Å². The van der Waals surface area contributed by atoms with Crippen LogP contribution in [0.5, 0.6) is 5.75 Å². The normalized spacial score (nSPS) is 10.6. The number of benzene rings is 1. The molecular formula is C13H17ClO2. The number of rotatable bonds is 4. The number of halogens is 1. The first-order chi connectivity index (χ1) is 7.45. The van der Waals surface area contributed by atoms with Crippen LogP contribution in [0.2, 0.25) is 5.02 Å². The SMILES string of the molecule is COc1cc(C(C)C)c(CC(C)=O)cc1Cl. The standard InChI is InChI=1S/C13H17ClO2/c1-8(2)11-7-13(16-4)12(14)6-10(11)5-9(3)15/h6-8H,5H2,1-4H3. The summed E-state index contributed by atoms with van der Waals surface area (Å²) in [6.07, 6.45) is 0.428. The van der Waals surface area contributed by atoms with E-state index in [0.717, 1.165) is 11.1 Å². The number of Topliss-reactive ketones (excluding diaryl/α,β-unsaturated/α-hetero) is 1. The van der Waals surface area contributed by atoms with E-state index in [2.05, 4.69) is 13.8 Å². The summed E-state index contributed by atoms with van der Waals surface area (Å²) >= 11 is 6.05. The van der Waals surface area contributed by atoms with Gasteiger partial charge in [0.2, 0.25) is 0 Å². The van der Waals surface area contributed by atoms with Gasteiger partial charge in [0, 0.05) is 6.42 Å². The molecule has 0 radical (unpaired) electrons. The first-order valence-corrected chi connectivity index (χ1v) is 5.69. The Morgan fingerprint density at radius 3 is 2.50 bits per heavy atom. The molecule has 1 aromatic rings. The Bertz CT molecular complexity index is 397. The average Bonchev–Trinajstić information content (AvgIpc) is 2.16. The first-order valence-electron chi connectivity index (χ1n) is 5.31. The Morgan fingerprint density at radius 2 is 2.06 bits per heavy atom. The molecule has 1 rings (SSSR count).